The summed E-state index contributed by atoms with van der Waals surface area (Å²) in [7, 11) is -2.16. The van der Waals surface area contributed by atoms with E-state index in [1.165, 1.54) is 0 Å². The van der Waals surface area contributed by atoms with Gasteiger partial charge in [0.1, 0.15) is 6.04 Å². The number of allylic oxidation sites excluding steroid dienone is 2. The van der Waals surface area contributed by atoms with Gasteiger partial charge in [-0.25, -0.2) is 0 Å². The van der Waals surface area contributed by atoms with E-state index < -0.39 is 14.1 Å². The number of ether oxygens (including phenoxy) is 1. The Bertz CT molecular complexity index is 430. The summed E-state index contributed by atoms with van der Waals surface area (Å²) in [5.74, 6) is -0.291. The van der Waals surface area contributed by atoms with Crippen LogP contribution in [0.5, 0.6) is 0 Å². The van der Waals surface area contributed by atoms with Crippen LogP contribution in [0.2, 0.25) is 0 Å². The Morgan fingerprint density at radius 2 is 2.37 bits per heavy atom. The number of hydrogen-bond acceptors (Lipinski definition) is 5. The highest BCUT2D eigenvalue weighted by atomic mass is 31.1. The van der Waals surface area contributed by atoms with E-state index in [0.717, 1.165) is 5.57 Å². The Balaban J connectivity index is 2.11. The molecular formula is C13H20NO4P. The van der Waals surface area contributed by atoms with E-state index in [2.05, 4.69) is 5.32 Å². The van der Waals surface area contributed by atoms with Crippen molar-refractivity contribution in [2.45, 2.75) is 44.9 Å². The lowest BCUT2D eigenvalue weighted by molar-refractivity contribution is -0.149. The number of fused-ring (bicyclic) bond motifs is 1. The number of hydrogen-bond donors (Lipinski definition) is 1. The lowest BCUT2D eigenvalue weighted by Gasteiger charge is -2.28. The first-order chi connectivity index (χ1) is 9.06. The summed E-state index contributed by atoms with van der Waals surface area (Å²) in [4.78, 5) is 12.0. The molecule has 5 nitrogen and oxygen atoms in total. The number of carbonyl (C=O) groups is 1. The summed E-state index contributed by atoms with van der Waals surface area (Å²) in [6.45, 7) is 3.64. The zero-order chi connectivity index (χ0) is 13.8. The molecule has 1 aliphatic carbocycles. The molecule has 1 fully saturated rings. The summed E-state index contributed by atoms with van der Waals surface area (Å²) in [5, 5.41) is 2.98. The second-order valence-electron chi connectivity index (χ2n) is 5.01. The summed E-state index contributed by atoms with van der Waals surface area (Å²) in [6.07, 6.45) is 7.03. The van der Waals surface area contributed by atoms with Crippen LogP contribution < -0.4 is 5.32 Å². The lowest BCUT2D eigenvalue weighted by Crippen LogP contribution is -2.41. The third kappa shape index (κ3) is 4.03. The van der Waals surface area contributed by atoms with Crippen molar-refractivity contribution in [3.63, 3.8) is 0 Å². The molecule has 2 aliphatic rings. The monoisotopic (exact) mass is 285 g/mol. The molecular weight excluding hydrogens is 265 g/mol. The van der Waals surface area contributed by atoms with Gasteiger partial charge in [0, 0.05) is 0 Å². The second kappa shape index (κ2) is 6.51. The van der Waals surface area contributed by atoms with E-state index >= 15 is 0 Å². The van der Waals surface area contributed by atoms with Gasteiger partial charge in [-0.1, -0.05) is 18.2 Å². The Kier molecular flexibility index (Phi) is 4.97. The molecule has 1 N–H and O–H groups in total. The van der Waals surface area contributed by atoms with Gasteiger partial charge >= 0.3 is 5.97 Å². The standard InChI is InChI=1S/C13H20NO4P/c1-9(2)17-13(15)11-7-10-5-3-4-6-12(10)18-19(16)8-14-11/h3-5,9,11-12,14,19H,6-8H2,1-2H3/t11-,12?/m0/s1. The summed E-state index contributed by atoms with van der Waals surface area (Å²) in [5.41, 5.74) is 0.999. The Labute approximate surface area is 113 Å². The molecule has 2 unspecified atom stereocenters. The van der Waals surface area contributed by atoms with Crippen molar-refractivity contribution in [2.75, 3.05) is 6.29 Å². The van der Waals surface area contributed by atoms with Gasteiger partial charge in [0.05, 0.1) is 18.5 Å². The smallest absolute Gasteiger partial charge is 0.323 e. The molecule has 0 bridgehead atoms. The van der Waals surface area contributed by atoms with Gasteiger partial charge in [-0.2, -0.15) is 0 Å². The van der Waals surface area contributed by atoms with Crippen LogP contribution in [0, 0.1) is 0 Å². The maximum absolute atomic E-state index is 12.0. The Hall–Kier alpha value is -0.900. The number of rotatable bonds is 2. The fourth-order valence-electron chi connectivity index (χ4n) is 2.17. The number of carbonyl (C=O) groups excluding carboxylic acids is 1. The van der Waals surface area contributed by atoms with Crippen LogP contribution in [-0.4, -0.2) is 30.5 Å². The molecule has 0 saturated carbocycles. The zero-order valence-corrected chi connectivity index (χ0v) is 12.2. The van der Waals surface area contributed by atoms with E-state index in [4.69, 9.17) is 9.26 Å². The van der Waals surface area contributed by atoms with E-state index in [1.54, 1.807) is 0 Å². The lowest BCUT2D eigenvalue weighted by atomic mass is 9.95. The summed E-state index contributed by atoms with van der Waals surface area (Å²) < 4.78 is 22.5. The van der Waals surface area contributed by atoms with Gasteiger partial charge in [-0.15, -0.1) is 0 Å². The predicted molar refractivity (Wildman–Crippen MR) is 73.4 cm³/mol. The Morgan fingerprint density at radius 1 is 1.58 bits per heavy atom. The minimum atomic E-state index is -2.16. The second-order valence-corrected chi connectivity index (χ2v) is 6.34. The van der Waals surface area contributed by atoms with Crippen molar-refractivity contribution in [3.8, 4) is 0 Å². The van der Waals surface area contributed by atoms with Crippen molar-refractivity contribution in [3.05, 3.63) is 23.8 Å². The van der Waals surface area contributed by atoms with Crippen molar-refractivity contribution in [1.29, 1.82) is 0 Å². The van der Waals surface area contributed by atoms with E-state index in [-0.39, 0.29) is 24.5 Å². The van der Waals surface area contributed by atoms with Crippen molar-refractivity contribution >= 4 is 14.0 Å². The van der Waals surface area contributed by atoms with Crippen LogP contribution in [0.3, 0.4) is 0 Å². The zero-order valence-electron chi connectivity index (χ0n) is 11.2. The molecule has 0 spiro atoms. The largest absolute Gasteiger partial charge is 0.462 e. The molecule has 1 saturated heterocycles. The first kappa shape index (κ1) is 14.5. The summed E-state index contributed by atoms with van der Waals surface area (Å²) >= 11 is 0. The maximum atomic E-state index is 12.0. The highest BCUT2D eigenvalue weighted by Crippen LogP contribution is 2.33. The van der Waals surface area contributed by atoms with Gasteiger partial charge in [-0.05, 0) is 32.3 Å². The van der Waals surface area contributed by atoms with Gasteiger partial charge in [0.2, 0.25) is 8.03 Å². The molecule has 0 aromatic carbocycles. The van der Waals surface area contributed by atoms with Crippen LogP contribution in [0.4, 0.5) is 0 Å². The van der Waals surface area contributed by atoms with E-state index in [1.807, 2.05) is 32.1 Å². The third-order valence-electron chi connectivity index (χ3n) is 3.05. The quantitative estimate of drug-likeness (QED) is 0.621. The van der Waals surface area contributed by atoms with Crippen LogP contribution in [0.15, 0.2) is 23.8 Å². The van der Waals surface area contributed by atoms with Crippen LogP contribution in [0.25, 0.3) is 0 Å². The molecule has 3 atom stereocenters. The number of nitrogens with one attached hydrogen (secondary N) is 1. The van der Waals surface area contributed by atoms with Crippen molar-refractivity contribution in [2.24, 2.45) is 0 Å². The first-order valence-corrected chi connectivity index (χ1v) is 8.07. The first-order valence-electron chi connectivity index (χ1n) is 6.55. The molecule has 19 heavy (non-hydrogen) atoms. The van der Waals surface area contributed by atoms with E-state index in [0.29, 0.717) is 12.8 Å². The Morgan fingerprint density at radius 3 is 3.11 bits per heavy atom. The van der Waals surface area contributed by atoms with E-state index in [9.17, 15) is 9.36 Å². The van der Waals surface area contributed by atoms with Gasteiger partial charge in [0.25, 0.3) is 0 Å². The normalized spacial score (nSPS) is 31.1. The topological polar surface area (TPSA) is 64.6 Å². The highest BCUT2D eigenvalue weighted by Gasteiger charge is 2.29. The van der Waals surface area contributed by atoms with Crippen LogP contribution in [0.1, 0.15) is 26.7 Å². The molecule has 1 aliphatic heterocycles. The molecule has 6 heteroatoms. The van der Waals surface area contributed by atoms with Crippen LogP contribution in [-0.2, 0) is 18.6 Å². The highest BCUT2D eigenvalue weighted by molar-refractivity contribution is 7.39. The van der Waals surface area contributed by atoms with Crippen LogP contribution >= 0.6 is 8.03 Å². The molecule has 106 valence electrons. The molecule has 0 radical (unpaired) electrons. The fraction of sp³-hybridized carbons (Fsp3) is 0.615. The molecule has 0 amide bonds. The van der Waals surface area contributed by atoms with Crippen molar-refractivity contribution < 1.29 is 18.6 Å². The number of esters is 1. The van der Waals surface area contributed by atoms with Gasteiger partial charge in [0.15, 0.2) is 0 Å². The molecule has 1 heterocycles. The molecule has 0 aromatic rings. The summed E-state index contributed by atoms with van der Waals surface area (Å²) in [6, 6.07) is -0.444. The molecule has 0 aromatic heterocycles. The average molecular weight is 285 g/mol. The minimum Gasteiger partial charge on any atom is -0.462 e. The van der Waals surface area contributed by atoms with Crippen molar-refractivity contribution in [1.82, 2.24) is 5.32 Å². The average Bonchev–Trinajstić information content (AvgIpc) is 2.32. The predicted octanol–water partition coefficient (Wildman–Crippen LogP) is 2.00. The fourth-order valence-corrected chi connectivity index (χ4v) is 3.23. The maximum Gasteiger partial charge on any atom is 0.323 e. The molecule has 2 rings (SSSR count). The SMILES string of the molecule is CC(C)OC(=O)[C@@H]1CC2=CC=CCC2O[PH](=O)CN1. The third-order valence-corrected chi connectivity index (χ3v) is 4.09. The van der Waals surface area contributed by atoms with Gasteiger partial charge in [-0.3, -0.25) is 14.7 Å². The minimum absolute atomic E-state index is 0.149. The van der Waals surface area contributed by atoms with Gasteiger partial charge < -0.3 is 9.26 Å².